The molecule has 0 spiro atoms. The van der Waals surface area contributed by atoms with Crippen LogP contribution in [-0.2, 0) is 17.8 Å². The van der Waals surface area contributed by atoms with E-state index in [1.54, 1.807) is 29.2 Å². The molecule has 1 fully saturated rings. The fourth-order valence-corrected chi connectivity index (χ4v) is 3.52. The van der Waals surface area contributed by atoms with E-state index in [9.17, 15) is 4.79 Å². The van der Waals surface area contributed by atoms with Crippen LogP contribution in [0.3, 0.4) is 0 Å². The summed E-state index contributed by atoms with van der Waals surface area (Å²) in [5, 5.41) is 14.4. The fourth-order valence-electron chi connectivity index (χ4n) is 3.52. The van der Waals surface area contributed by atoms with Crippen LogP contribution in [0.4, 0.5) is 4.79 Å². The van der Waals surface area contributed by atoms with Gasteiger partial charge in [-0.1, -0.05) is 0 Å². The number of aryl methyl sites for hydroxylation is 1. The van der Waals surface area contributed by atoms with Gasteiger partial charge in [0.1, 0.15) is 6.10 Å². The van der Waals surface area contributed by atoms with Gasteiger partial charge in [-0.2, -0.15) is 10.1 Å². The normalized spacial score (nSPS) is 19.6. The molecule has 0 saturated carbocycles. The summed E-state index contributed by atoms with van der Waals surface area (Å²) in [6.07, 6.45) is 7.15. The van der Waals surface area contributed by atoms with E-state index in [2.05, 4.69) is 37.7 Å². The van der Waals surface area contributed by atoms with E-state index in [0.717, 1.165) is 31.7 Å². The van der Waals surface area contributed by atoms with E-state index in [4.69, 9.17) is 4.74 Å². The minimum atomic E-state index is -0.250. The summed E-state index contributed by atoms with van der Waals surface area (Å²) in [6, 6.07) is 3.52. The number of amides is 2. The summed E-state index contributed by atoms with van der Waals surface area (Å²) >= 11 is 0. The third-order valence-electron chi connectivity index (χ3n) is 4.88. The molecule has 0 radical (unpaired) electrons. The minimum absolute atomic E-state index is 0.0531. The predicted octanol–water partition coefficient (Wildman–Crippen LogP) is 1.31. The summed E-state index contributed by atoms with van der Waals surface area (Å²) in [4.78, 5) is 20.6. The highest BCUT2D eigenvalue weighted by Gasteiger charge is 2.30. The van der Waals surface area contributed by atoms with Gasteiger partial charge < -0.3 is 15.4 Å². The lowest BCUT2D eigenvalue weighted by atomic mass is 9.92. The fraction of sp³-hybridized carbons (Fsp3) is 0.500. The van der Waals surface area contributed by atoms with Gasteiger partial charge in [0, 0.05) is 44.2 Å². The van der Waals surface area contributed by atoms with Crippen LogP contribution in [0.2, 0.25) is 0 Å². The number of carbonyl (C=O) groups excluding carboxylic acids is 1. The number of nitrogens with one attached hydrogen (secondary N) is 2. The monoisotopic (exact) mass is 384 g/mol. The van der Waals surface area contributed by atoms with Crippen LogP contribution in [0.5, 0.6) is 0 Å². The molecule has 1 aliphatic heterocycles. The van der Waals surface area contributed by atoms with E-state index in [1.165, 1.54) is 0 Å². The van der Waals surface area contributed by atoms with E-state index < -0.39 is 0 Å². The van der Waals surface area contributed by atoms with Crippen molar-refractivity contribution in [3.8, 4) is 0 Å². The van der Waals surface area contributed by atoms with Gasteiger partial charge in [0.25, 0.3) is 5.78 Å². The number of fused-ring (bicyclic) bond motifs is 1. The maximum atomic E-state index is 12.2. The van der Waals surface area contributed by atoms with Gasteiger partial charge in [0.05, 0.1) is 12.2 Å². The quantitative estimate of drug-likeness (QED) is 0.663. The lowest BCUT2D eigenvalue weighted by molar-refractivity contribution is -0.0318. The van der Waals surface area contributed by atoms with Crippen molar-refractivity contribution in [2.45, 2.75) is 39.0 Å². The molecular formula is C18H24N8O2. The molecule has 1 saturated heterocycles. The first-order valence-electron chi connectivity index (χ1n) is 9.56. The second-order valence-corrected chi connectivity index (χ2v) is 6.72. The molecule has 0 aliphatic carbocycles. The van der Waals surface area contributed by atoms with E-state index >= 15 is 0 Å². The zero-order valence-electron chi connectivity index (χ0n) is 15.8. The Balaban J connectivity index is 1.31. The molecule has 10 nitrogen and oxygen atoms in total. The van der Waals surface area contributed by atoms with Crippen LogP contribution in [0.15, 0.2) is 30.7 Å². The van der Waals surface area contributed by atoms with Gasteiger partial charge in [-0.25, -0.2) is 14.3 Å². The highest BCUT2D eigenvalue weighted by atomic mass is 16.5. The van der Waals surface area contributed by atoms with E-state index in [0.29, 0.717) is 18.1 Å². The molecule has 2 amide bonds. The molecular weight excluding hydrogens is 360 g/mol. The molecule has 0 bridgehead atoms. The van der Waals surface area contributed by atoms with Gasteiger partial charge in [0.15, 0.2) is 5.82 Å². The third-order valence-corrected chi connectivity index (χ3v) is 4.88. The smallest absolute Gasteiger partial charge is 0.315 e. The number of rotatable bonds is 6. The van der Waals surface area contributed by atoms with Crippen molar-refractivity contribution in [3.63, 3.8) is 0 Å². The van der Waals surface area contributed by atoms with Crippen LogP contribution in [0, 0.1) is 5.92 Å². The molecule has 28 heavy (non-hydrogen) atoms. The molecule has 0 unspecified atom stereocenters. The largest absolute Gasteiger partial charge is 0.372 e. The molecule has 2 N–H and O–H groups in total. The number of ether oxygens (including phenoxy) is 1. The Kier molecular flexibility index (Phi) is 5.47. The Bertz CT molecular complexity index is 903. The van der Waals surface area contributed by atoms with Crippen molar-refractivity contribution < 1.29 is 9.53 Å². The van der Waals surface area contributed by atoms with Gasteiger partial charge >= 0.3 is 6.03 Å². The Morgan fingerprint density at radius 2 is 2.29 bits per heavy atom. The lowest BCUT2D eigenvalue weighted by Gasteiger charge is -2.32. The first kappa shape index (κ1) is 18.4. The average Bonchev–Trinajstić information content (AvgIpc) is 3.37. The van der Waals surface area contributed by atoms with Crippen LogP contribution < -0.4 is 10.6 Å². The van der Waals surface area contributed by atoms with E-state index in [-0.39, 0.29) is 24.6 Å². The molecule has 0 aromatic carbocycles. The first-order valence-corrected chi connectivity index (χ1v) is 9.56. The van der Waals surface area contributed by atoms with Crippen LogP contribution in [0.25, 0.3) is 5.78 Å². The molecule has 2 atom stereocenters. The Morgan fingerprint density at radius 1 is 1.36 bits per heavy atom. The van der Waals surface area contributed by atoms with Crippen molar-refractivity contribution in [3.05, 3.63) is 42.2 Å². The Hall–Kier alpha value is -3.01. The summed E-state index contributed by atoms with van der Waals surface area (Å²) < 4.78 is 9.54. The summed E-state index contributed by atoms with van der Waals surface area (Å²) in [5.74, 6) is 1.23. The third kappa shape index (κ3) is 3.96. The molecule has 10 heteroatoms. The minimum Gasteiger partial charge on any atom is -0.372 e. The SMILES string of the molecule is CCn1nccc1[C@@H]1OCCC[C@H]1CNC(=O)NCc1nc2ncccn2n1. The van der Waals surface area contributed by atoms with Crippen molar-refractivity contribution in [2.24, 2.45) is 5.92 Å². The maximum absolute atomic E-state index is 12.2. The summed E-state index contributed by atoms with van der Waals surface area (Å²) in [7, 11) is 0. The highest BCUT2D eigenvalue weighted by molar-refractivity contribution is 5.73. The molecule has 3 aromatic heterocycles. The number of urea groups is 1. The second-order valence-electron chi connectivity index (χ2n) is 6.72. The summed E-state index contributed by atoms with van der Waals surface area (Å²) in [5.41, 5.74) is 1.07. The predicted molar refractivity (Wildman–Crippen MR) is 100 cm³/mol. The molecule has 4 heterocycles. The topological polar surface area (TPSA) is 111 Å². The van der Waals surface area contributed by atoms with Gasteiger partial charge in [-0.05, 0) is 31.9 Å². The number of nitrogens with zero attached hydrogens (tertiary/aromatic N) is 6. The zero-order valence-corrected chi connectivity index (χ0v) is 15.8. The van der Waals surface area contributed by atoms with Crippen molar-refractivity contribution >= 4 is 11.8 Å². The molecule has 148 valence electrons. The average molecular weight is 384 g/mol. The lowest BCUT2D eigenvalue weighted by Crippen LogP contribution is -2.40. The van der Waals surface area contributed by atoms with Crippen LogP contribution in [0.1, 0.15) is 37.4 Å². The van der Waals surface area contributed by atoms with Crippen LogP contribution >= 0.6 is 0 Å². The van der Waals surface area contributed by atoms with Gasteiger partial charge in [0.2, 0.25) is 0 Å². The van der Waals surface area contributed by atoms with Gasteiger partial charge in [-0.3, -0.25) is 4.68 Å². The van der Waals surface area contributed by atoms with Gasteiger partial charge in [-0.15, -0.1) is 5.10 Å². The molecule has 1 aliphatic rings. The summed E-state index contributed by atoms with van der Waals surface area (Å²) in [6.45, 7) is 4.36. The highest BCUT2D eigenvalue weighted by Crippen LogP contribution is 2.33. The Morgan fingerprint density at radius 3 is 3.14 bits per heavy atom. The second kappa shape index (κ2) is 8.34. The van der Waals surface area contributed by atoms with E-state index in [1.807, 2.05) is 10.7 Å². The maximum Gasteiger partial charge on any atom is 0.315 e. The van der Waals surface area contributed by atoms with Crippen molar-refractivity contribution in [2.75, 3.05) is 13.2 Å². The standard InChI is InChI=1S/C18H24N8O2/c1-2-25-14(6-8-22-25)16-13(5-3-10-28-16)11-20-18(27)21-12-15-23-17-19-7-4-9-26(17)24-15/h4,6-9,13,16H,2-3,5,10-12H2,1H3,(H2,20,21,27)/t13-,16+/m0/s1. The van der Waals surface area contributed by atoms with Crippen molar-refractivity contribution in [1.82, 2.24) is 40.0 Å². The number of aromatic nitrogens is 6. The van der Waals surface area contributed by atoms with Crippen molar-refractivity contribution in [1.29, 1.82) is 0 Å². The van der Waals surface area contributed by atoms with Crippen LogP contribution in [-0.4, -0.2) is 48.5 Å². The molecule has 3 aromatic rings. The first-order chi connectivity index (χ1) is 13.7. The number of hydrogen-bond donors (Lipinski definition) is 2. The molecule has 4 rings (SSSR count). The Labute approximate surface area is 162 Å². The number of carbonyl (C=O) groups is 1. The zero-order chi connectivity index (χ0) is 19.3. The number of hydrogen-bond acceptors (Lipinski definition) is 6.